The molecular formula is C11H11BrN2O2. The highest BCUT2D eigenvalue weighted by Crippen LogP contribution is 2.24. The van der Waals surface area contributed by atoms with Crippen LogP contribution in [0.3, 0.4) is 0 Å². The Morgan fingerprint density at radius 3 is 2.88 bits per heavy atom. The van der Waals surface area contributed by atoms with E-state index in [1.54, 1.807) is 17.0 Å². The fraction of sp³-hybridized carbons (Fsp3) is 0.364. The molecule has 1 aromatic heterocycles. The van der Waals surface area contributed by atoms with Gasteiger partial charge < -0.3 is 0 Å². The quantitative estimate of drug-likeness (QED) is 0.626. The number of aromatic nitrogens is 1. The van der Waals surface area contributed by atoms with Crippen molar-refractivity contribution in [2.45, 2.75) is 6.42 Å². The lowest BCUT2D eigenvalue weighted by atomic mass is 10.2. The third kappa shape index (κ3) is 2.14. The average Bonchev–Trinajstić information content (AvgIpc) is 2.71. The zero-order valence-corrected chi connectivity index (χ0v) is 10.2. The summed E-state index contributed by atoms with van der Waals surface area (Å²) in [5, 5.41) is 0.821. The third-order valence-electron chi connectivity index (χ3n) is 2.61. The average molecular weight is 283 g/mol. The van der Waals surface area contributed by atoms with Gasteiger partial charge in [0.1, 0.15) is 5.82 Å². The number of hydrogen-bond acceptors (Lipinski definition) is 3. The molecule has 0 radical (unpaired) electrons. The van der Waals surface area contributed by atoms with Crippen LogP contribution >= 0.6 is 15.9 Å². The first kappa shape index (κ1) is 11.3. The highest BCUT2D eigenvalue weighted by atomic mass is 79.9. The molecule has 16 heavy (non-hydrogen) atoms. The summed E-state index contributed by atoms with van der Waals surface area (Å²) in [6.07, 6.45) is 2.78. The molecule has 0 saturated carbocycles. The van der Waals surface area contributed by atoms with Crippen LogP contribution in [0.5, 0.6) is 0 Å². The zero-order chi connectivity index (χ0) is 11.5. The predicted octanol–water partition coefficient (Wildman–Crippen LogP) is 1.64. The Morgan fingerprint density at radius 1 is 1.56 bits per heavy atom. The summed E-state index contributed by atoms with van der Waals surface area (Å²) in [5.74, 6) is 1.06. The number of alkyl halides is 1. The van der Waals surface area contributed by atoms with Crippen LogP contribution in [0.15, 0.2) is 18.3 Å². The van der Waals surface area contributed by atoms with E-state index in [0.717, 1.165) is 11.6 Å². The minimum atomic E-state index is 0.0933. The molecule has 1 aromatic rings. The Morgan fingerprint density at radius 2 is 2.38 bits per heavy atom. The maximum atomic E-state index is 11.7. The SMILES string of the molecule is O=Cc1ccc(N2CC(CBr)CC2=O)nc1. The molecule has 1 amide bonds. The van der Waals surface area contributed by atoms with E-state index in [9.17, 15) is 9.59 Å². The molecule has 1 atom stereocenters. The molecule has 5 heteroatoms. The number of halogens is 1. The van der Waals surface area contributed by atoms with E-state index in [1.807, 2.05) is 0 Å². The summed E-state index contributed by atoms with van der Waals surface area (Å²) < 4.78 is 0. The number of rotatable bonds is 3. The van der Waals surface area contributed by atoms with Crippen LogP contribution in [0, 0.1) is 5.92 Å². The Balaban J connectivity index is 2.18. The molecule has 1 fully saturated rings. The van der Waals surface area contributed by atoms with Gasteiger partial charge >= 0.3 is 0 Å². The van der Waals surface area contributed by atoms with Crippen LogP contribution in [0.25, 0.3) is 0 Å². The summed E-state index contributed by atoms with van der Waals surface area (Å²) in [6, 6.07) is 3.38. The number of anilines is 1. The van der Waals surface area contributed by atoms with Crippen LogP contribution in [0.2, 0.25) is 0 Å². The first-order chi connectivity index (χ1) is 7.74. The molecule has 0 aromatic carbocycles. The molecule has 2 heterocycles. The standard InChI is InChI=1S/C11H11BrN2O2/c12-4-9-3-11(16)14(6-9)10-2-1-8(7-15)5-13-10/h1-2,5,7,9H,3-4,6H2. The number of amides is 1. The highest BCUT2D eigenvalue weighted by Gasteiger charge is 2.30. The van der Waals surface area contributed by atoms with Crippen molar-refractivity contribution < 1.29 is 9.59 Å². The number of aldehydes is 1. The van der Waals surface area contributed by atoms with Crippen LogP contribution < -0.4 is 4.90 Å². The first-order valence-electron chi connectivity index (χ1n) is 5.02. The molecule has 0 spiro atoms. The van der Waals surface area contributed by atoms with Gasteiger partial charge in [-0.15, -0.1) is 0 Å². The highest BCUT2D eigenvalue weighted by molar-refractivity contribution is 9.09. The van der Waals surface area contributed by atoms with Gasteiger partial charge in [0, 0.05) is 30.1 Å². The van der Waals surface area contributed by atoms with Crippen molar-refractivity contribution in [1.29, 1.82) is 0 Å². The molecule has 0 aliphatic carbocycles. The van der Waals surface area contributed by atoms with Crippen molar-refractivity contribution in [3.05, 3.63) is 23.9 Å². The van der Waals surface area contributed by atoms with Gasteiger partial charge in [-0.3, -0.25) is 14.5 Å². The van der Waals surface area contributed by atoms with Crippen LogP contribution in [0.4, 0.5) is 5.82 Å². The lowest BCUT2D eigenvalue weighted by molar-refractivity contribution is -0.117. The van der Waals surface area contributed by atoms with Gasteiger partial charge in [0.15, 0.2) is 6.29 Å². The molecule has 1 aliphatic heterocycles. The molecule has 0 N–H and O–H groups in total. The summed E-state index contributed by atoms with van der Waals surface area (Å²) in [6.45, 7) is 0.692. The largest absolute Gasteiger partial charge is 0.298 e. The van der Waals surface area contributed by atoms with E-state index in [4.69, 9.17) is 0 Å². The Kier molecular flexibility index (Phi) is 3.33. The maximum absolute atomic E-state index is 11.7. The lowest BCUT2D eigenvalue weighted by Gasteiger charge is -2.14. The summed E-state index contributed by atoms with van der Waals surface area (Å²) in [5.41, 5.74) is 0.521. The number of nitrogens with zero attached hydrogens (tertiary/aromatic N) is 2. The molecular weight excluding hydrogens is 272 g/mol. The second kappa shape index (κ2) is 4.74. The van der Waals surface area contributed by atoms with Gasteiger partial charge in [-0.1, -0.05) is 15.9 Å². The molecule has 4 nitrogen and oxygen atoms in total. The Hall–Kier alpha value is -1.23. The Bertz CT molecular complexity index is 405. The van der Waals surface area contributed by atoms with Gasteiger partial charge in [-0.25, -0.2) is 4.98 Å². The first-order valence-corrected chi connectivity index (χ1v) is 6.14. The molecule has 1 unspecified atom stereocenters. The van der Waals surface area contributed by atoms with Crippen LogP contribution in [0.1, 0.15) is 16.8 Å². The molecule has 0 bridgehead atoms. The number of carbonyl (C=O) groups is 2. The lowest BCUT2D eigenvalue weighted by Crippen LogP contribution is -2.25. The van der Waals surface area contributed by atoms with Gasteiger partial charge in [-0.05, 0) is 18.1 Å². The van der Waals surface area contributed by atoms with Gasteiger partial charge in [0.2, 0.25) is 5.91 Å². The van der Waals surface area contributed by atoms with E-state index in [1.165, 1.54) is 6.20 Å². The summed E-state index contributed by atoms with van der Waals surface area (Å²) in [4.78, 5) is 27.9. The fourth-order valence-electron chi connectivity index (χ4n) is 1.73. The van der Waals surface area contributed by atoms with Crippen molar-refractivity contribution >= 4 is 33.9 Å². The topological polar surface area (TPSA) is 50.3 Å². The second-order valence-corrected chi connectivity index (χ2v) is 4.44. The van der Waals surface area contributed by atoms with Gasteiger partial charge in [-0.2, -0.15) is 0 Å². The molecule has 1 saturated heterocycles. The molecule has 2 rings (SSSR count). The van der Waals surface area contributed by atoms with E-state index < -0.39 is 0 Å². The fourth-order valence-corrected chi connectivity index (χ4v) is 2.17. The van der Waals surface area contributed by atoms with E-state index in [0.29, 0.717) is 30.3 Å². The van der Waals surface area contributed by atoms with Crippen molar-refractivity contribution in [1.82, 2.24) is 4.98 Å². The second-order valence-electron chi connectivity index (χ2n) is 3.80. The minimum Gasteiger partial charge on any atom is -0.298 e. The van der Waals surface area contributed by atoms with Crippen LogP contribution in [-0.4, -0.2) is 29.1 Å². The van der Waals surface area contributed by atoms with Crippen molar-refractivity contribution in [2.24, 2.45) is 5.92 Å². The minimum absolute atomic E-state index is 0.0933. The number of carbonyl (C=O) groups excluding carboxylic acids is 2. The van der Waals surface area contributed by atoms with E-state index in [-0.39, 0.29) is 5.91 Å². The molecule has 1 aliphatic rings. The molecule has 84 valence electrons. The normalized spacial score (nSPS) is 20.2. The number of pyridine rings is 1. The summed E-state index contributed by atoms with van der Waals surface area (Å²) >= 11 is 3.38. The number of hydrogen-bond donors (Lipinski definition) is 0. The van der Waals surface area contributed by atoms with Crippen LogP contribution in [-0.2, 0) is 4.79 Å². The van der Waals surface area contributed by atoms with Crippen molar-refractivity contribution in [3.8, 4) is 0 Å². The third-order valence-corrected chi connectivity index (χ3v) is 3.52. The monoisotopic (exact) mass is 282 g/mol. The smallest absolute Gasteiger partial charge is 0.228 e. The van der Waals surface area contributed by atoms with E-state index >= 15 is 0 Å². The van der Waals surface area contributed by atoms with Gasteiger partial charge in [0.05, 0.1) is 0 Å². The van der Waals surface area contributed by atoms with Crippen molar-refractivity contribution in [2.75, 3.05) is 16.8 Å². The predicted molar refractivity (Wildman–Crippen MR) is 63.9 cm³/mol. The Labute approximate surface area is 102 Å². The maximum Gasteiger partial charge on any atom is 0.228 e. The van der Waals surface area contributed by atoms with Crippen molar-refractivity contribution in [3.63, 3.8) is 0 Å². The van der Waals surface area contributed by atoms with Gasteiger partial charge in [0.25, 0.3) is 0 Å². The van der Waals surface area contributed by atoms with E-state index in [2.05, 4.69) is 20.9 Å². The summed E-state index contributed by atoms with van der Waals surface area (Å²) in [7, 11) is 0. The zero-order valence-electron chi connectivity index (χ0n) is 8.60.